The quantitative estimate of drug-likeness (QED) is 0.893. The van der Waals surface area contributed by atoms with Crippen molar-refractivity contribution in [2.75, 3.05) is 7.05 Å². The van der Waals surface area contributed by atoms with Gasteiger partial charge in [-0.15, -0.1) is 0 Å². The van der Waals surface area contributed by atoms with Gasteiger partial charge >= 0.3 is 0 Å². The van der Waals surface area contributed by atoms with Crippen molar-refractivity contribution >= 4 is 0 Å². The lowest BCUT2D eigenvalue weighted by Crippen LogP contribution is -2.47. The summed E-state index contributed by atoms with van der Waals surface area (Å²) < 4.78 is 2.17. The standard InChI is InChI=1S/C18H29N3/c1-3-21-17(4-5-20-21)16(19-2)12-18-9-13-6-14(10-18)8-15(7-13)11-18/h4-5,13-16,19H,3,6-12H2,1-2H3. The predicted molar refractivity (Wildman–Crippen MR) is 84.9 cm³/mol. The molecular weight excluding hydrogens is 258 g/mol. The first kappa shape index (κ1) is 13.8. The molecular formula is C18H29N3. The zero-order valence-electron chi connectivity index (χ0n) is 13.5. The fourth-order valence-corrected chi connectivity index (χ4v) is 6.23. The molecule has 0 saturated heterocycles. The van der Waals surface area contributed by atoms with Crippen LogP contribution < -0.4 is 5.32 Å². The van der Waals surface area contributed by atoms with Crippen molar-refractivity contribution in [3.63, 3.8) is 0 Å². The third-order valence-corrected chi connectivity index (χ3v) is 6.56. The molecule has 3 heteroatoms. The topological polar surface area (TPSA) is 29.9 Å². The predicted octanol–water partition coefficient (Wildman–Crippen LogP) is 3.77. The maximum atomic E-state index is 4.47. The van der Waals surface area contributed by atoms with E-state index in [1.807, 2.05) is 6.20 Å². The summed E-state index contributed by atoms with van der Waals surface area (Å²) in [6.07, 6.45) is 12.4. The maximum absolute atomic E-state index is 4.47. The third kappa shape index (κ3) is 2.34. The van der Waals surface area contributed by atoms with Crippen molar-refractivity contribution in [3.8, 4) is 0 Å². The number of nitrogens with one attached hydrogen (secondary N) is 1. The Balaban J connectivity index is 1.56. The van der Waals surface area contributed by atoms with Crippen LogP contribution in [0.4, 0.5) is 0 Å². The van der Waals surface area contributed by atoms with Gasteiger partial charge in [-0.1, -0.05) is 0 Å². The smallest absolute Gasteiger partial charge is 0.0553 e. The Morgan fingerprint density at radius 1 is 1.24 bits per heavy atom. The molecule has 5 rings (SSSR count). The third-order valence-electron chi connectivity index (χ3n) is 6.56. The number of hydrogen-bond acceptors (Lipinski definition) is 2. The van der Waals surface area contributed by atoms with Crippen LogP contribution in [-0.2, 0) is 6.54 Å². The number of aromatic nitrogens is 2. The molecule has 1 unspecified atom stereocenters. The molecule has 0 spiro atoms. The number of aryl methyl sites for hydroxylation is 1. The minimum atomic E-state index is 0.476. The minimum absolute atomic E-state index is 0.476. The van der Waals surface area contributed by atoms with Crippen molar-refractivity contribution in [2.45, 2.75) is 64.5 Å². The van der Waals surface area contributed by atoms with Gasteiger partial charge in [-0.05, 0) is 88.2 Å². The van der Waals surface area contributed by atoms with Crippen LogP contribution >= 0.6 is 0 Å². The Morgan fingerprint density at radius 2 is 1.86 bits per heavy atom. The molecule has 4 aliphatic carbocycles. The van der Waals surface area contributed by atoms with Crippen molar-refractivity contribution in [3.05, 3.63) is 18.0 Å². The van der Waals surface area contributed by atoms with E-state index in [1.165, 1.54) is 50.6 Å². The summed E-state index contributed by atoms with van der Waals surface area (Å²) in [4.78, 5) is 0. The second-order valence-corrected chi connectivity index (χ2v) is 8.03. The Kier molecular flexibility index (Phi) is 3.36. The Bertz CT molecular complexity index is 469. The van der Waals surface area contributed by atoms with Gasteiger partial charge in [0.25, 0.3) is 0 Å². The fraction of sp³-hybridized carbons (Fsp3) is 0.833. The first-order valence-electron chi connectivity index (χ1n) is 8.90. The Morgan fingerprint density at radius 3 is 2.38 bits per heavy atom. The van der Waals surface area contributed by atoms with Crippen molar-refractivity contribution in [2.24, 2.45) is 23.2 Å². The van der Waals surface area contributed by atoms with Gasteiger partial charge in [0.2, 0.25) is 0 Å². The average molecular weight is 287 g/mol. The van der Waals surface area contributed by atoms with E-state index in [2.05, 4.69) is 35.1 Å². The molecule has 0 radical (unpaired) electrons. The second-order valence-electron chi connectivity index (χ2n) is 8.03. The van der Waals surface area contributed by atoms with Crippen LogP contribution in [0, 0.1) is 23.2 Å². The second kappa shape index (κ2) is 5.12. The lowest BCUT2D eigenvalue weighted by molar-refractivity contribution is -0.0623. The highest BCUT2D eigenvalue weighted by Gasteiger charge is 2.51. The zero-order valence-corrected chi connectivity index (χ0v) is 13.5. The van der Waals surface area contributed by atoms with Crippen molar-refractivity contribution in [1.29, 1.82) is 0 Å². The zero-order chi connectivity index (χ0) is 14.4. The summed E-state index contributed by atoms with van der Waals surface area (Å²) in [5.74, 6) is 3.14. The van der Waals surface area contributed by atoms with E-state index in [9.17, 15) is 0 Å². The molecule has 4 aliphatic rings. The molecule has 0 aromatic carbocycles. The highest BCUT2D eigenvalue weighted by Crippen LogP contribution is 2.62. The molecule has 21 heavy (non-hydrogen) atoms. The summed E-state index contributed by atoms with van der Waals surface area (Å²) in [5, 5.41) is 8.07. The van der Waals surface area contributed by atoms with Gasteiger partial charge in [-0.25, -0.2) is 0 Å². The van der Waals surface area contributed by atoms with E-state index in [4.69, 9.17) is 0 Å². The van der Waals surface area contributed by atoms with Crippen molar-refractivity contribution in [1.82, 2.24) is 15.1 Å². The highest BCUT2D eigenvalue weighted by atomic mass is 15.3. The fourth-order valence-electron chi connectivity index (χ4n) is 6.23. The normalized spacial score (nSPS) is 38.9. The van der Waals surface area contributed by atoms with E-state index in [0.29, 0.717) is 11.5 Å². The van der Waals surface area contributed by atoms with Crippen LogP contribution in [0.25, 0.3) is 0 Å². The summed E-state index contributed by atoms with van der Waals surface area (Å²) in [6, 6.07) is 2.69. The lowest BCUT2D eigenvalue weighted by atomic mass is 9.48. The van der Waals surface area contributed by atoms with E-state index in [0.717, 1.165) is 24.3 Å². The van der Waals surface area contributed by atoms with Gasteiger partial charge in [-0.3, -0.25) is 4.68 Å². The molecule has 1 aromatic rings. The number of hydrogen-bond donors (Lipinski definition) is 1. The van der Waals surface area contributed by atoms with E-state index >= 15 is 0 Å². The van der Waals surface area contributed by atoms with Crippen LogP contribution in [-0.4, -0.2) is 16.8 Å². The highest BCUT2D eigenvalue weighted by molar-refractivity contribution is 5.11. The van der Waals surface area contributed by atoms with Crippen LogP contribution in [0.2, 0.25) is 0 Å². The van der Waals surface area contributed by atoms with Crippen LogP contribution in [0.1, 0.15) is 63.6 Å². The van der Waals surface area contributed by atoms with E-state index < -0.39 is 0 Å². The van der Waals surface area contributed by atoms with E-state index in [1.54, 1.807) is 0 Å². The summed E-state index contributed by atoms with van der Waals surface area (Å²) in [5.41, 5.74) is 2.02. The average Bonchev–Trinajstić information content (AvgIpc) is 2.91. The molecule has 4 fully saturated rings. The molecule has 116 valence electrons. The maximum Gasteiger partial charge on any atom is 0.0553 e. The van der Waals surface area contributed by atoms with Gasteiger partial charge in [0.05, 0.1) is 5.69 Å². The Labute approximate surface area is 128 Å². The molecule has 4 saturated carbocycles. The SMILES string of the molecule is CCn1nccc1C(CC12CC3CC(CC(C3)C1)C2)NC. The number of nitrogens with zero attached hydrogens (tertiary/aromatic N) is 2. The largest absolute Gasteiger partial charge is 0.312 e. The minimum Gasteiger partial charge on any atom is -0.312 e. The molecule has 1 heterocycles. The van der Waals surface area contributed by atoms with Gasteiger partial charge < -0.3 is 5.32 Å². The van der Waals surface area contributed by atoms with Crippen molar-refractivity contribution < 1.29 is 0 Å². The first-order chi connectivity index (χ1) is 10.2. The van der Waals surface area contributed by atoms with Gasteiger partial charge in [0.15, 0.2) is 0 Å². The number of rotatable bonds is 5. The van der Waals surface area contributed by atoms with Crippen LogP contribution in [0.3, 0.4) is 0 Å². The van der Waals surface area contributed by atoms with E-state index in [-0.39, 0.29) is 0 Å². The summed E-state index contributed by atoms with van der Waals surface area (Å²) in [6.45, 7) is 3.16. The van der Waals surface area contributed by atoms with Crippen LogP contribution in [0.5, 0.6) is 0 Å². The molecule has 1 N–H and O–H groups in total. The van der Waals surface area contributed by atoms with Gasteiger partial charge in [0.1, 0.15) is 0 Å². The van der Waals surface area contributed by atoms with Gasteiger partial charge in [-0.2, -0.15) is 5.10 Å². The molecule has 3 nitrogen and oxygen atoms in total. The van der Waals surface area contributed by atoms with Gasteiger partial charge in [0, 0.05) is 18.8 Å². The molecule has 4 bridgehead atoms. The monoisotopic (exact) mass is 287 g/mol. The first-order valence-corrected chi connectivity index (χ1v) is 8.90. The Hall–Kier alpha value is -0.830. The van der Waals surface area contributed by atoms with Crippen LogP contribution in [0.15, 0.2) is 12.3 Å². The molecule has 1 aromatic heterocycles. The summed E-state index contributed by atoms with van der Waals surface area (Å²) in [7, 11) is 2.12. The lowest BCUT2D eigenvalue weighted by Gasteiger charge is -2.57. The molecule has 1 atom stereocenters. The summed E-state index contributed by atoms with van der Waals surface area (Å²) >= 11 is 0. The molecule has 0 amide bonds. The molecule has 0 aliphatic heterocycles.